The minimum absolute atomic E-state index is 0.0579. The highest BCUT2D eigenvalue weighted by molar-refractivity contribution is 7.22. The van der Waals surface area contributed by atoms with Gasteiger partial charge in [-0.3, -0.25) is 14.3 Å². The fourth-order valence-corrected chi connectivity index (χ4v) is 6.56. The van der Waals surface area contributed by atoms with Crippen LogP contribution in [0, 0.1) is 6.92 Å². The van der Waals surface area contributed by atoms with Crippen molar-refractivity contribution in [3.63, 3.8) is 0 Å². The van der Waals surface area contributed by atoms with Gasteiger partial charge in [0.15, 0.2) is 5.88 Å². The Morgan fingerprint density at radius 2 is 1.98 bits per heavy atom. The second kappa shape index (κ2) is 12.2. The van der Waals surface area contributed by atoms with Gasteiger partial charge in [-0.2, -0.15) is 5.10 Å². The summed E-state index contributed by atoms with van der Waals surface area (Å²) in [5.74, 6) is 0.517. The number of aryl methyl sites for hydroxylation is 1. The summed E-state index contributed by atoms with van der Waals surface area (Å²) in [6.07, 6.45) is 3.93. The number of hydrogen-bond donors (Lipinski definition) is 1. The molecule has 1 atom stereocenters. The highest BCUT2D eigenvalue weighted by Gasteiger charge is 2.37. The van der Waals surface area contributed by atoms with Crippen LogP contribution in [-0.4, -0.2) is 64.2 Å². The molecule has 0 radical (unpaired) electrons. The average Bonchev–Trinajstić information content (AvgIpc) is 3.66. The standard InChI is InChI=1S/C31H36N4O7S/c1-18-24-25(36)27(31(3,4)30(37)38)33-35(29(24)43-26(18)28-32-13-16-41-28)17-23(21-9-7-8-10-22(21)40-6)42-20-11-14-34(15-12-20)19(2)39-5/h7-10,13,16,20,23H,2,11-12,14-15,17H2,1,3-6H3,(H,37,38). The number of methoxy groups -OCH3 is 2. The van der Waals surface area contributed by atoms with E-state index in [1.165, 1.54) is 31.4 Å². The quantitative estimate of drug-likeness (QED) is 0.229. The van der Waals surface area contributed by atoms with E-state index < -0.39 is 22.9 Å². The molecule has 0 spiro atoms. The molecule has 4 aromatic rings. The Balaban J connectivity index is 1.63. The van der Waals surface area contributed by atoms with Crippen molar-refractivity contribution in [1.29, 1.82) is 0 Å². The summed E-state index contributed by atoms with van der Waals surface area (Å²) in [4.78, 5) is 33.8. The third-order valence-corrected chi connectivity index (χ3v) is 9.28. The molecule has 43 heavy (non-hydrogen) atoms. The molecule has 5 rings (SSSR count). The molecule has 3 aromatic heterocycles. The highest BCUT2D eigenvalue weighted by Crippen LogP contribution is 2.38. The first-order chi connectivity index (χ1) is 20.6. The highest BCUT2D eigenvalue weighted by atomic mass is 32.1. The van der Waals surface area contributed by atoms with Crippen molar-refractivity contribution in [3.8, 4) is 16.5 Å². The van der Waals surface area contributed by atoms with Crippen molar-refractivity contribution in [2.75, 3.05) is 27.3 Å². The van der Waals surface area contributed by atoms with Gasteiger partial charge >= 0.3 is 5.97 Å². The van der Waals surface area contributed by atoms with E-state index in [1.54, 1.807) is 25.1 Å². The van der Waals surface area contributed by atoms with Gasteiger partial charge in [-0.25, -0.2) is 4.98 Å². The number of aromatic nitrogens is 3. The van der Waals surface area contributed by atoms with Gasteiger partial charge in [0.05, 0.1) is 43.3 Å². The monoisotopic (exact) mass is 608 g/mol. The average molecular weight is 609 g/mol. The molecular weight excluding hydrogens is 572 g/mol. The molecule has 1 saturated heterocycles. The molecule has 12 heteroatoms. The first kappa shape index (κ1) is 30.3. The van der Waals surface area contributed by atoms with Gasteiger partial charge in [0.1, 0.15) is 34.1 Å². The maximum absolute atomic E-state index is 13.9. The Kier molecular flexibility index (Phi) is 8.61. The number of piperidine rings is 1. The van der Waals surface area contributed by atoms with Crippen molar-refractivity contribution in [2.24, 2.45) is 0 Å². The van der Waals surface area contributed by atoms with Crippen molar-refractivity contribution in [1.82, 2.24) is 19.7 Å². The van der Waals surface area contributed by atoms with Gasteiger partial charge < -0.3 is 28.6 Å². The van der Waals surface area contributed by atoms with Crippen LogP contribution in [0.4, 0.5) is 0 Å². The number of fused-ring (bicyclic) bond motifs is 1. The van der Waals surface area contributed by atoms with Gasteiger partial charge in [0.2, 0.25) is 11.3 Å². The van der Waals surface area contributed by atoms with Gasteiger partial charge in [-0.1, -0.05) is 18.2 Å². The molecule has 1 aromatic carbocycles. The van der Waals surface area contributed by atoms with Gasteiger partial charge in [0.25, 0.3) is 0 Å². The topological polar surface area (TPSA) is 129 Å². The summed E-state index contributed by atoms with van der Waals surface area (Å²) in [5, 5.41) is 15.2. The summed E-state index contributed by atoms with van der Waals surface area (Å²) in [6.45, 7) is 10.4. The molecule has 1 unspecified atom stereocenters. The fourth-order valence-electron chi connectivity index (χ4n) is 5.36. The second-order valence-corrected chi connectivity index (χ2v) is 12.0. The minimum Gasteiger partial charge on any atom is -0.496 e. The summed E-state index contributed by atoms with van der Waals surface area (Å²) >= 11 is 1.33. The fraction of sp³-hybridized carbons (Fsp3) is 0.419. The SMILES string of the molecule is C=C(OC)N1CCC(OC(Cn2nc(C(C)(C)C(=O)O)c(=O)c3c(C)c(-c4ncco4)sc32)c2ccccc2OC)CC1. The predicted molar refractivity (Wildman–Crippen MR) is 162 cm³/mol. The number of carbonyl (C=O) groups is 1. The molecule has 11 nitrogen and oxygen atoms in total. The van der Waals surface area contributed by atoms with Crippen LogP contribution in [0.2, 0.25) is 0 Å². The van der Waals surface area contributed by atoms with Gasteiger partial charge in [0, 0.05) is 18.7 Å². The van der Waals surface area contributed by atoms with E-state index in [4.69, 9.17) is 23.7 Å². The molecule has 1 fully saturated rings. The van der Waals surface area contributed by atoms with E-state index in [1.807, 2.05) is 31.2 Å². The first-order valence-corrected chi connectivity index (χ1v) is 14.8. The molecule has 1 aliphatic heterocycles. The molecule has 0 bridgehead atoms. The third-order valence-electron chi connectivity index (χ3n) is 7.99. The van der Waals surface area contributed by atoms with Crippen molar-refractivity contribution >= 4 is 27.5 Å². The lowest BCUT2D eigenvalue weighted by Crippen LogP contribution is -2.38. The lowest BCUT2D eigenvalue weighted by Gasteiger charge is -2.35. The lowest BCUT2D eigenvalue weighted by atomic mass is 9.88. The number of aliphatic carboxylic acids is 1. The maximum Gasteiger partial charge on any atom is 0.315 e. The summed E-state index contributed by atoms with van der Waals surface area (Å²) in [5.41, 5.74) is -0.542. The number of para-hydroxylation sites is 1. The molecule has 0 aliphatic carbocycles. The van der Waals surface area contributed by atoms with E-state index in [9.17, 15) is 14.7 Å². The Morgan fingerprint density at radius 1 is 1.26 bits per heavy atom. The zero-order chi connectivity index (χ0) is 30.9. The van der Waals surface area contributed by atoms with Crippen LogP contribution >= 0.6 is 11.3 Å². The number of rotatable bonds is 11. The second-order valence-electron chi connectivity index (χ2n) is 11.0. The van der Waals surface area contributed by atoms with Crippen LogP contribution in [0.3, 0.4) is 0 Å². The smallest absolute Gasteiger partial charge is 0.315 e. The summed E-state index contributed by atoms with van der Waals surface area (Å²) < 4.78 is 25.1. The number of likely N-dealkylation sites (tertiary alicyclic amines) is 1. The zero-order valence-corrected chi connectivity index (χ0v) is 25.8. The number of oxazole rings is 1. The van der Waals surface area contributed by atoms with Crippen LogP contribution < -0.4 is 10.2 Å². The molecule has 0 amide bonds. The van der Waals surface area contributed by atoms with Crippen molar-refractivity contribution < 1.29 is 28.5 Å². The van der Waals surface area contributed by atoms with Gasteiger partial charge in [-0.15, -0.1) is 11.3 Å². The third kappa shape index (κ3) is 5.76. The van der Waals surface area contributed by atoms with Crippen LogP contribution in [-0.2, 0) is 26.2 Å². The normalized spacial score (nSPS) is 15.0. The van der Waals surface area contributed by atoms with E-state index in [2.05, 4.69) is 16.5 Å². The number of carboxylic acid groups (broad SMARTS) is 1. The molecule has 1 aliphatic rings. The Morgan fingerprint density at radius 3 is 2.60 bits per heavy atom. The number of ether oxygens (including phenoxy) is 3. The minimum atomic E-state index is -1.54. The number of hydrogen-bond acceptors (Lipinski definition) is 10. The van der Waals surface area contributed by atoms with Crippen LogP contribution in [0.15, 0.2) is 58.4 Å². The number of nitrogens with zero attached hydrogens (tertiary/aromatic N) is 4. The predicted octanol–water partition coefficient (Wildman–Crippen LogP) is 5.13. The molecule has 0 saturated carbocycles. The van der Waals surface area contributed by atoms with Crippen molar-refractivity contribution in [3.05, 3.63) is 76.2 Å². The lowest BCUT2D eigenvalue weighted by molar-refractivity contribution is -0.142. The largest absolute Gasteiger partial charge is 0.496 e. The summed E-state index contributed by atoms with van der Waals surface area (Å²) in [6, 6.07) is 7.64. The maximum atomic E-state index is 13.9. The van der Waals surface area contributed by atoms with Gasteiger partial charge in [-0.05, 0) is 51.8 Å². The van der Waals surface area contributed by atoms with E-state index in [0.717, 1.165) is 31.5 Å². The Hall–Kier alpha value is -4.16. The van der Waals surface area contributed by atoms with Crippen molar-refractivity contribution in [2.45, 2.75) is 57.8 Å². The Bertz CT molecular complexity index is 1680. The zero-order valence-electron chi connectivity index (χ0n) is 25.0. The van der Waals surface area contributed by atoms with Crippen LogP contribution in [0.5, 0.6) is 5.75 Å². The number of benzene rings is 1. The number of carboxylic acids is 1. The first-order valence-electron chi connectivity index (χ1n) is 14.0. The van der Waals surface area contributed by atoms with Crippen LogP contribution in [0.1, 0.15) is 49.6 Å². The molecular formula is C31H36N4O7S. The van der Waals surface area contributed by atoms with Crippen LogP contribution in [0.25, 0.3) is 21.0 Å². The molecule has 228 valence electrons. The molecule has 1 N–H and O–H groups in total. The number of thiophene rings is 1. The van der Waals surface area contributed by atoms with E-state index >= 15 is 0 Å². The summed E-state index contributed by atoms with van der Waals surface area (Å²) in [7, 11) is 3.22. The molecule has 4 heterocycles. The Labute approximate surface area is 253 Å². The van der Waals surface area contributed by atoms with E-state index in [-0.39, 0.29) is 18.3 Å². The van der Waals surface area contributed by atoms with E-state index in [0.29, 0.717) is 38.2 Å².